The van der Waals surface area contributed by atoms with E-state index in [0.29, 0.717) is 18.6 Å². The second-order valence-electron chi connectivity index (χ2n) is 8.22. The Morgan fingerprint density at radius 3 is 1.70 bits per heavy atom. The first-order valence-electron chi connectivity index (χ1n) is 11.2. The number of hydrogen-bond donors (Lipinski definition) is 0. The van der Waals surface area contributed by atoms with E-state index in [2.05, 4.69) is 6.92 Å². The molecule has 0 aliphatic carbocycles. The summed E-state index contributed by atoms with van der Waals surface area (Å²) >= 11 is 0. The molecule has 0 saturated carbocycles. The summed E-state index contributed by atoms with van der Waals surface area (Å²) in [7, 11) is 0. The van der Waals surface area contributed by atoms with Gasteiger partial charge in [-0.25, -0.2) is 0 Å². The summed E-state index contributed by atoms with van der Waals surface area (Å²) < 4.78 is 0. The van der Waals surface area contributed by atoms with Crippen LogP contribution in [0, 0.1) is 5.92 Å². The van der Waals surface area contributed by atoms with Gasteiger partial charge in [-0.05, 0) is 12.0 Å². The third-order valence-electron chi connectivity index (χ3n) is 5.22. The highest BCUT2D eigenvalue weighted by Gasteiger charge is 2.10. The minimum Gasteiger partial charge on any atom is -0.299 e. The molecule has 0 unspecified atom stereocenters. The maximum atomic E-state index is 12.1. The third-order valence-corrected chi connectivity index (χ3v) is 5.22. The predicted molar refractivity (Wildman–Crippen MR) is 115 cm³/mol. The van der Waals surface area contributed by atoms with Gasteiger partial charge in [-0.3, -0.25) is 9.59 Å². The van der Waals surface area contributed by atoms with Crippen molar-refractivity contribution >= 4 is 11.6 Å². The number of benzene rings is 1. The van der Waals surface area contributed by atoms with Crippen LogP contribution in [0.25, 0.3) is 0 Å². The Labute approximate surface area is 167 Å². The number of unbranched alkanes of at least 4 members (excludes halogenated alkanes) is 10. The van der Waals surface area contributed by atoms with Crippen molar-refractivity contribution in [2.45, 2.75) is 104 Å². The van der Waals surface area contributed by atoms with Crippen molar-refractivity contribution in [2.24, 2.45) is 5.92 Å². The van der Waals surface area contributed by atoms with Gasteiger partial charge >= 0.3 is 0 Å². The number of Topliss-reactive ketones (excluding diaryl/α,β-unsaturated/α-hetero) is 2. The smallest absolute Gasteiger partial charge is 0.165 e. The zero-order chi connectivity index (χ0) is 19.9. The van der Waals surface area contributed by atoms with E-state index >= 15 is 0 Å². The molecule has 0 heterocycles. The van der Waals surface area contributed by atoms with Crippen molar-refractivity contribution in [3.05, 3.63) is 35.4 Å². The zero-order valence-electron chi connectivity index (χ0n) is 17.9. The SMILES string of the molecule is CCCCCCCCCCCCCC(=O)Cc1ccc(C(=O)C(C)C)cc1. The second-order valence-corrected chi connectivity index (χ2v) is 8.22. The Morgan fingerprint density at radius 2 is 1.22 bits per heavy atom. The normalized spacial score (nSPS) is 11.1. The maximum absolute atomic E-state index is 12.1. The monoisotopic (exact) mass is 372 g/mol. The van der Waals surface area contributed by atoms with E-state index in [9.17, 15) is 9.59 Å². The molecule has 2 heteroatoms. The summed E-state index contributed by atoms with van der Waals surface area (Å²) in [6.07, 6.45) is 15.5. The Bertz CT molecular complexity index is 528. The summed E-state index contributed by atoms with van der Waals surface area (Å²) in [4.78, 5) is 24.1. The average molecular weight is 373 g/mol. The lowest BCUT2D eigenvalue weighted by Gasteiger charge is -2.06. The molecule has 0 fully saturated rings. The minimum atomic E-state index is 0.0125. The van der Waals surface area contributed by atoms with Crippen LogP contribution in [0.4, 0.5) is 0 Å². The molecule has 0 saturated heterocycles. The lowest BCUT2D eigenvalue weighted by molar-refractivity contribution is -0.118. The van der Waals surface area contributed by atoms with Crippen molar-refractivity contribution in [2.75, 3.05) is 0 Å². The number of rotatable bonds is 16. The molecular weight excluding hydrogens is 332 g/mol. The second kappa shape index (κ2) is 14.6. The van der Waals surface area contributed by atoms with Crippen LogP contribution in [0.2, 0.25) is 0 Å². The summed E-state index contributed by atoms with van der Waals surface area (Å²) in [6.45, 7) is 6.08. The van der Waals surface area contributed by atoms with Gasteiger partial charge < -0.3 is 0 Å². The van der Waals surface area contributed by atoms with Crippen LogP contribution >= 0.6 is 0 Å². The Balaban J connectivity index is 2.06. The third kappa shape index (κ3) is 11.1. The van der Waals surface area contributed by atoms with Crippen LogP contribution in [0.5, 0.6) is 0 Å². The molecule has 152 valence electrons. The highest BCUT2D eigenvalue weighted by atomic mass is 16.1. The topological polar surface area (TPSA) is 34.1 Å². The highest BCUT2D eigenvalue weighted by Crippen LogP contribution is 2.14. The van der Waals surface area contributed by atoms with Crippen LogP contribution in [0.1, 0.15) is 114 Å². The fourth-order valence-electron chi connectivity index (χ4n) is 3.42. The molecule has 0 spiro atoms. The van der Waals surface area contributed by atoms with E-state index in [1.807, 2.05) is 38.1 Å². The van der Waals surface area contributed by atoms with E-state index in [1.165, 1.54) is 64.2 Å². The molecule has 1 rings (SSSR count). The van der Waals surface area contributed by atoms with Crippen LogP contribution < -0.4 is 0 Å². The maximum Gasteiger partial charge on any atom is 0.165 e. The highest BCUT2D eigenvalue weighted by molar-refractivity contribution is 5.97. The fourth-order valence-corrected chi connectivity index (χ4v) is 3.42. The molecule has 1 aromatic rings. The molecule has 0 N–H and O–H groups in total. The average Bonchev–Trinajstić information content (AvgIpc) is 2.66. The standard InChI is InChI=1S/C25H40O2/c1-4-5-6-7-8-9-10-11-12-13-14-15-24(26)20-22-16-18-23(19-17-22)25(27)21(2)3/h16-19,21H,4-15,20H2,1-3H3. The first-order chi connectivity index (χ1) is 13.0. The largest absolute Gasteiger partial charge is 0.299 e. The van der Waals surface area contributed by atoms with Gasteiger partial charge in [0.25, 0.3) is 0 Å². The number of ketones is 2. The zero-order valence-corrected chi connectivity index (χ0v) is 17.9. The van der Waals surface area contributed by atoms with Gasteiger partial charge in [0.05, 0.1) is 0 Å². The van der Waals surface area contributed by atoms with Crippen LogP contribution in [0.15, 0.2) is 24.3 Å². The van der Waals surface area contributed by atoms with Crippen molar-refractivity contribution in [3.63, 3.8) is 0 Å². The van der Waals surface area contributed by atoms with E-state index in [1.54, 1.807) is 0 Å². The molecule has 0 amide bonds. The first kappa shape index (κ1) is 23.6. The molecule has 1 aromatic carbocycles. The summed E-state index contributed by atoms with van der Waals surface area (Å²) in [5.74, 6) is 0.487. The molecule has 0 radical (unpaired) electrons. The van der Waals surface area contributed by atoms with Gasteiger partial charge in [0.2, 0.25) is 0 Å². The van der Waals surface area contributed by atoms with Crippen LogP contribution in [0.3, 0.4) is 0 Å². The molecular formula is C25H40O2. The predicted octanol–water partition coefficient (Wildman–Crippen LogP) is 7.34. The first-order valence-corrected chi connectivity index (χ1v) is 11.2. The van der Waals surface area contributed by atoms with Gasteiger partial charge in [0.15, 0.2) is 5.78 Å². The molecule has 2 nitrogen and oxygen atoms in total. The number of hydrogen-bond acceptors (Lipinski definition) is 2. The Hall–Kier alpha value is -1.44. The summed E-state index contributed by atoms with van der Waals surface area (Å²) in [5.41, 5.74) is 1.76. The number of carbonyl (C=O) groups is 2. The fraction of sp³-hybridized carbons (Fsp3) is 0.680. The summed E-state index contributed by atoms with van der Waals surface area (Å²) in [6, 6.07) is 7.56. The van der Waals surface area contributed by atoms with Gasteiger partial charge in [-0.2, -0.15) is 0 Å². The molecule has 27 heavy (non-hydrogen) atoms. The van der Waals surface area contributed by atoms with E-state index in [4.69, 9.17) is 0 Å². The number of carbonyl (C=O) groups excluding carboxylic acids is 2. The Kier molecular flexibility index (Phi) is 12.8. The molecule has 0 atom stereocenters. The van der Waals surface area contributed by atoms with Crippen molar-refractivity contribution < 1.29 is 9.59 Å². The summed E-state index contributed by atoms with van der Waals surface area (Å²) in [5, 5.41) is 0. The van der Waals surface area contributed by atoms with E-state index in [0.717, 1.165) is 17.5 Å². The van der Waals surface area contributed by atoms with Gasteiger partial charge in [-0.15, -0.1) is 0 Å². The molecule has 0 aliphatic rings. The lowest BCUT2D eigenvalue weighted by Crippen LogP contribution is -2.08. The van der Waals surface area contributed by atoms with Gasteiger partial charge in [-0.1, -0.05) is 109 Å². The molecule has 0 aliphatic heterocycles. The van der Waals surface area contributed by atoms with Crippen molar-refractivity contribution in [3.8, 4) is 0 Å². The van der Waals surface area contributed by atoms with E-state index in [-0.39, 0.29) is 11.7 Å². The van der Waals surface area contributed by atoms with Gasteiger partial charge in [0, 0.05) is 24.3 Å². The lowest BCUT2D eigenvalue weighted by atomic mass is 9.98. The van der Waals surface area contributed by atoms with Gasteiger partial charge in [0.1, 0.15) is 5.78 Å². The Morgan fingerprint density at radius 1 is 0.741 bits per heavy atom. The quantitative estimate of drug-likeness (QED) is 0.225. The van der Waals surface area contributed by atoms with Crippen molar-refractivity contribution in [1.82, 2.24) is 0 Å². The molecule has 0 aromatic heterocycles. The van der Waals surface area contributed by atoms with Crippen LogP contribution in [-0.2, 0) is 11.2 Å². The van der Waals surface area contributed by atoms with Crippen molar-refractivity contribution in [1.29, 1.82) is 0 Å². The van der Waals surface area contributed by atoms with E-state index < -0.39 is 0 Å². The molecule has 0 bridgehead atoms. The van der Waals surface area contributed by atoms with Crippen LogP contribution in [-0.4, -0.2) is 11.6 Å². The minimum absolute atomic E-state index is 0.0125.